The topological polar surface area (TPSA) is 111 Å². The van der Waals surface area contributed by atoms with Crippen LogP contribution in [0.4, 0.5) is 17.1 Å². The highest BCUT2D eigenvalue weighted by molar-refractivity contribution is 7.99. The maximum atomic E-state index is 12.9. The second kappa shape index (κ2) is 11.9. The molecule has 1 fully saturated rings. The number of morpholine rings is 1. The predicted molar refractivity (Wildman–Crippen MR) is 137 cm³/mol. The molecule has 186 valence electrons. The molecule has 0 radical (unpaired) electrons. The molecule has 0 spiro atoms. The number of anilines is 2. The molecule has 0 saturated carbocycles. The van der Waals surface area contributed by atoms with Crippen molar-refractivity contribution in [3.63, 3.8) is 0 Å². The van der Waals surface area contributed by atoms with E-state index in [2.05, 4.69) is 5.32 Å². The highest BCUT2D eigenvalue weighted by atomic mass is 35.5. The first-order valence-electron chi connectivity index (χ1n) is 11.0. The lowest BCUT2D eigenvalue weighted by Crippen LogP contribution is -2.37. The maximum Gasteiger partial charge on any atom is 0.341 e. The van der Waals surface area contributed by atoms with Crippen molar-refractivity contribution in [3.8, 4) is 0 Å². The van der Waals surface area contributed by atoms with Crippen molar-refractivity contribution in [1.29, 1.82) is 0 Å². The van der Waals surface area contributed by atoms with Crippen molar-refractivity contribution in [2.24, 2.45) is 0 Å². The molecule has 3 aromatic rings. The van der Waals surface area contributed by atoms with Crippen LogP contribution in [0.15, 0.2) is 76.5 Å². The van der Waals surface area contributed by atoms with Crippen LogP contribution in [0.1, 0.15) is 10.4 Å². The third-order valence-electron chi connectivity index (χ3n) is 5.30. The zero-order chi connectivity index (χ0) is 25.5. The number of nitrogens with zero attached hydrogens (tertiary/aromatic N) is 2. The van der Waals surface area contributed by atoms with Crippen LogP contribution in [-0.4, -0.2) is 49.7 Å². The van der Waals surface area contributed by atoms with Crippen LogP contribution in [0.5, 0.6) is 0 Å². The summed E-state index contributed by atoms with van der Waals surface area (Å²) in [6, 6.07) is 18.6. The molecule has 9 nitrogen and oxygen atoms in total. The zero-order valence-corrected chi connectivity index (χ0v) is 20.6. The minimum Gasteiger partial charge on any atom is -0.452 e. The average molecular weight is 528 g/mol. The summed E-state index contributed by atoms with van der Waals surface area (Å²) < 4.78 is 10.6. The fraction of sp³-hybridized carbons (Fsp3) is 0.200. The van der Waals surface area contributed by atoms with Gasteiger partial charge in [0.1, 0.15) is 0 Å². The van der Waals surface area contributed by atoms with Crippen LogP contribution >= 0.6 is 23.4 Å². The van der Waals surface area contributed by atoms with Crippen LogP contribution in [-0.2, 0) is 14.3 Å². The highest BCUT2D eigenvalue weighted by Crippen LogP contribution is 2.34. The summed E-state index contributed by atoms with van der Waals surface area (Å²) in [5.41, 5.74) is 0.844. The Morgan fingerprint density at radius 2 is 1.81 bits per heavy atom. The van der Waals surface area contributed by atoms with E-state index in [-0.39, 0.29) is 11.3 Å². The van der Waals surface area contributed by atoms with Gasteiger partial charge in [0.05, 0.1) is 35.1 Å². The largest absolute Gasteiger partial charge is 0.452 e. The van der Waals surface area contributed by atoms with E-state index < -0.39 is 23.4 Å². The minimum absolute atomic E-state index is 0.0256. The number of carbonyl (C=O) groups is 2. The molecule has 0 aromatic heterocycles. The highest BCUT2D eigenvalue weighted by Gasteiger charge is 2.23. The number of benzene rings is 3. The number of halogens is 1. The van der Waals surface area contributed by atoms with E-state index >= 15 is 0 Å². The van der Waals surface area contributed by atoms with E-state index in [1.807, 2.05) is 29.2 Å². The third-order valence-corrected chi connectivity index (χ3v) is 6.64. The molecule has 1 N–H and O–H groups in total. The quantitative estimate of drug-likeness (QED) is 0.246. The number of nitro benzene ring substituents is 1. The Hall–Kier alpha value is -3.60. The summed E-state index contributed by atoms with van der Waals surface area (Å²) in [4.78, 5) is 39.8. The van der Waals surface area contributed by atoms with Gasteiger partial charge in [-0.3, -0.25) is 14.9 Å². The summed E-state index contributed by atoms with van der Waals surface area (Å²) >= 11 is 7.40. The fourth-order valence-corrected chi connectivity index (χ4v) is 4.59. The summed E-state index contributed by atoms with van der Waals surface area (Å²) in [5.74, 6) is -1.36. The van der Waals surface area contributed by atoms with Crippen molar-refractivity contribution in [2.75, 3.05) is 43.1 Å². The molecule has 11 heteroatoms. The molecule has 36 heavy (non-hydrogen) atoms. The lowest BCUT2D eigenvalue weighted by molar-refractivity contribution is -0.384. The molecular formula is C25H22ClN3O6S. The Bertz CT molecular complexity index is 1260. The summed E-state index contributed by atoms with van der Waals surface area (Å²) in [7, 11) is 0. The van der Waals surface area contributed by atoms with Gasteiger partial charge in [-0.25, -0.2) is 4.79 Å². The smallest absolute Gasteiger partial charge is 0.341 e. The van der Waals surface area contributed by atoms with Crippen molar-refractivity contribution in [1.82, 2.24) is 0 Å². The van der Waals surface area contributed by atoms with Gasteiger partial charge in [0.25, 0.3) is 11.6 Å². The van der Waals surface area contributed by atoms with Gasteiger partial charge >= 0.3 is 5.97 Å². The van der Waals surface area contributed by atoms with Crippen LogP contribution < -0.4 is 10.2 Å². The Kier molecular flexibility index (Phi) is 8.42. The Morgan fingerprint density at radius 3 is 2.53 bits per heavy atom. The second-order valence-corrected chi connectivity index (χ2v) is 9.29. The number of non-ortho nitro benzene ring substituents is 1. The molecule has 0 aliphatic carbocycles. The zero-order valence-electron chi connectivity index (χ0n) is 19.0. The number of nitrogens with one attached hydrogen (secondary N) is 1. The lowest BCUT2D eigenvalue weighted by atomic mass is 10.1. The summed E-state index contributed by atoms with van der Waals surface area (Å²) in [5, 5.41) is 14.6. The Balaban J connectivity index is 1.44. The number of amides is 1. The van der Waals surface area contributed by atoms with Crippen LogP contribution in [0.2, 0.25) is 5.02 Å². The Morgan fingerprint density at radius 1 is 1.08 bits per heavy atom. The number of ether oxygens (including phenoxy) is 2. The normalized spacial score (nSPS) is 13.2. The molecule has 1 aliphatic heterocycles. The molecule has 1 amide bonds. The number of carbonyl (C=O) groups excluding carboxylic acids is 2. The van der Waals surface area contributed by atoms with E-state index in [4.69, 9.17) is 21.1 Å². The first-order valence-corrected chi connectivity index (χ1v) is 12.2. The molecular weight excluding hydrogens is 506 g/mol. The molecule has 3 aromatic carbocycles. The molecule has 0 atom stereocenters. The van der Waals surface area contributed by atoms with E-state index in [0.29, 0.717) is 42.7 Å². The van der Waals surface area contributed by atoms with Gasteiger partial charge < -0.3 is 19.7 Å². The van der Waals surface area contributed by atoms with Gasteiger partial charge in [-0.15, -0.1) is 0 Å². The van der Waals surface area contributed by atoms with E-state index in [1.165, 1.54) is 30.0 Å². The molecule has 0 bridgehead atoms. The molecule has 4 rings (SSSR count). The number of para-hydroxylation sites is 1. The molecule has 0 unspecified atom stereocenters. The Labute approximate surface area is 216 Å². The number of rotatable bonds is 8. The fourth-order valence-electron chi connectivity index (χ4n) is 3.56. The van der Waals surface area contributed by atoms with Gasteiger partial charge in [0.15, 0.2) is 6.61 Å². The first-order chi connectivity index (χ1) is 17.4. The SMILES string of the molecule is O=C(COC(=O)c1cc([N+](=O)[O-])ccc1N1CCOCC1)Nc1ccccc1Sc1ccc(Cl)cc1. The molecule has 1 saturated heterocycles. The van der Waals surface area contributed by atoms with E-state index in [0.717, 1.165) is 9.79 Å². The standard InChI is InChI=1S/C25H22ClN3O6S/c26-17-5-8-19(9-6-17)36-23-4-2-1-3-21(23)27-24(30)16-35-25(31)20-15-18(29(32)33)7-10-22(20)28-11-13-34-14-12-28/h1-10,15H,11-14,16H2,(H,27,30). The van der Waals surface area contributed by atoms with Crippen LogP contribution in [0.3, 0.4) is 0 Å². The van der Waals surface area contributed by atoms with Crippen molar-refractivity contribution in [3.05, 3.63) is 87.4 Å². The second-order valence-electron chi connectivity index (χ2n) is 7.73. The monoisotopic (exact) mass is 527 g/mol. The minimum atomic E-state index is -0.820. The van der Waals surface area contributed by atoms with Gasteiger partial charge in [-0.1, -0.05) is 35.5 Å². The first kappa shape index (κ1) is 25.5. The number of nitro groups is 1. The molecule has 1 aliphatic rings. The maximum absolute atomic E-state index is 12.9. The van der Waals surface area contributed by atoms with E-state index in [1.54, 1.807) is 24.3 Å². The lowest BCUT2D eigenvalue weighted by Gasteiger charge is -2.30. The van der Waals surface area contributed by atoms with Gasteiger partial charge in [-0.05, 0) is 42.5 Å². The van der Waals surface area contributed by atoms with E-state index in [9.17, 15) is 19.7 Å². The third kappa shape index (κ3) is 6.54. The predicted octanol–water partition coefficient (Wildman–Crippen LogP) is 5.03. The number of esters is 1. The van der Waals surface area contributed by atoms with Crippen LogP contribution in [0, 0.1) is 10.1 Å². The van der Waals surface area contributed by atoms with Crippen molar-refractivity contribution in [2.45, 2.75) is 9.79 Å². The van der Waals surface area contributed by atoms with Gasteiger partial charge in [-0.2, -0.15) is 0 Å². The van der Waals surface area contributed by atoms with Crippen LogP contribution in [0.25, 0.3) is 0 Å². The summed E-state index contributed by atoms with van der Waals surface area (Å²) in [6.45, 7) is 1.45. The van der Waals surface area contributed by atoms with Crippen molar-refractivity contribution < 1.29 is 24.0 Å². The number of hydrogen-bond acceptors (Lipinski definition) is 8. The number of hydrogen-bond donors (Lipinski definition) is 1. The molecule has 1 heterocycles. The van der Waals surface area contributed by atoms with Crippen molar-refractivity contribution >= 4 is 52.3 Å². The average Bonchev–Trinajstić information content (AvgIpc) is 2.90. The summed E-state index contributed by atoms with van der Waals surface area (Å²) in [6.07, 6.45) is 0. The van der Waals surface area contributed by atoms with Gasteiger partial charge in [0.2, 0.25) is 0 Å². The van der Waals surface area contributed by atoms with Gasteiger partial charge in [0, 0.05) is 40.0 Å².